The summed E-state index contributed by atoms with van der Waals surface area (Å²) >= 11 is 0. The second-order valence-electron chi connectivity index (χ2n) is 6.78. The molecule has 0 aliphatic carbocycles. The zero-order valence-electron chi connectivity index (χ0n) is 15.8. The minimum Gasteiger partial charge on any atom is -0.350 e. The summed E-state index contributed by atoms with van der Waals surface area (Å²) in [7, 11) is 0. The number of amides is 1. The standard InChI is InChI=1S/C22H23N3O2/c1-15-4-7-18(8-5-15)13-23-21(26)14-25-22(27)11-10-20(24-25)19-9-6-16(2)17(3)12-19/h4-12H,13-14H2,1-3H3,(H,23,26). The Hall–Kier alpha value is -3.21. The van der Waals surface area contributed by atoms with Gasteiger partial charge in [-0.15, -0.1) is 0 Å². The Kier molecular flexibility index (Phi) is 5.50. The van der Waals surface area contributed by atoms with E-state index >= 15 is 0 Å². The van der Waals surface area contributed by atoms with E-state index in [1.807, 2.05) is 63.2 Å². The van der Waals surface area contributed by atoms with Gasteiger partial charge in [-0.05, 0) is 49.6 Å². The molecule has 27 heavy (non-hydrogen) atoms. The molecule has 0 bridgehead atoms. The van der Waals surface area contributed by atoms with Crippen molar-refractivity contribution >= 4 is 5.91 Å². The maximum absolute atomic E-state index is 12.2. The molecule has 0 aliphatic rings. The molecular weight excluding hydrogens is 338 g/mol. The number of nitrogens with one attached hydrogen (secondary N) is 1. The summed E-state index contributed by atoms with van der Waals surface area (Å²) in [5.41, 5.74) is 5.83. The van der Waals surface area contributed by atoms with Crippen LogP contribution in [0, 0.1) is 20.8 Å². The van der Waals surface area contributed by atoms with Gasteiger partial charge < -0.3 is 5.32 Å². The topological polar surface area (TPSA) is 64.0 Å². The maximum atomic E-state index is 12.2. The van der Waals surface area contributed by atoms with Gasteiger partial charge in [-0.2, -0.15) is 5.10 Å². The molecule has 0 radical (unpaired) electrons. The Morgan fingerprint density at radius 2 is 1.70 bits per heavy atom. The second-order valence-corrected chi connectivity index (χ2v) is 6.78. The molecule has 0 atom stereocenters. The monoisotopic (exact) mass is 361 g/mol. The predicted octanol–water partition coefficient (Wildman–Crippen LogP) is 3.15. The Balaban J connectivity index is 1.72. The van der Waals surface area contributed by atoms with Crippen LogP contribution in [-0.4, -0.2) is 15.7 Å². The highest BCUT2D eigenvalue weighted by atomic mass is 16.2. The van der Waals surface area contributed by atoms with Gasteiger partial charge in [-0.3, -0.25) is 9.59 Å². The second kappa shape index (κ2) is 7.99. The van der Waals surface area contributed by atoms with Gasteiger partial charge in [0.15, 0.2) is 0 Å². The van der Waals surface area contributed by atoms with Gasteiger partial charge in [0, 0.05) is 18.2 Å². The van der Waals surface area contributed by atoms with Crippen LogP contribution >= 0.6 is 0 Å². The molecule has 1 aromatic heterocycles. The quantitative estimate of drug-likeness (QED) is 0.759. The number of benzene rings is 2. The van der Waals surface area contributed by atoms with E-state index in [0.29, 0.717) is 12.2 Å². The zero-order valence-corrected chi connectivity index (χ0v) is 15.8. The summed E-state index contributed by atoms with van der Waals surface area (Å²) in [6.45, 7) is 6.41. The third kappa shape index (κ3) is 4.70. The summed E-state index contributed by atoms with van der Waals surface area (Å²) in [6.07, 6.45) is 0. The smallest absolute Gasteiger partial charge is 0.267 e. The summed E-state index contributed by atoms with van der Waals surface area (Å²) in [5, 5.41) is 7.19. The SMILES string of the molecule is Cc1ccc(CNC(=O)Cn2nc(-c3ccc(C)c(C)c3)ccc2=O)cc1. The van der Waals surface area contributed by atoms with Gasteiger partial charge >= 0.3 is 0 Å². The van der Waals surface area contributed by atoms with Gasteiger partial charge in [0.1, 0.15) is 6.54 Å². The van der Waals surface area contributed by atoms with E-state index in [0.717, 1.165) is 16.7 Å². The van der Waals surface area contributed by atoms with Gasteiger partial charge in [0.05, 0.1) is 5.69 Å². The first-order valence-corrected chi connectivity index (χ1v) is 8.90. The first-order valence-electron chi connectivity index (χ1n) is 8.90. The van der Waals surface area contributed by atoms with Crippen LogP contribution in [0.4, 0.5) is 0 Å². The number of carbonyl (C=O) groups is 1. The van der Waals surface area contributed by atoms with Gasteiger partial charge in [0.25, 0.3) is 5.56 Å². The van der Waals surface area contributed by atoms with E-state index in [1.54, 1.807) is 6.07 Å². The number of aryl methyl sites for hydroxylation is 3. The molecule has 1 amide bonds. The van der Waals surface area contributed by atoms with Crippen molar-refractivity contribution in [3.8, 4) is 11.3 Å². The molecule has 138 valence electrons. The zero-order chi connectivity index (χ0) is 19.4. The van der Waals surface area contributed by atoms with E-state index in [-0.39, 0.29) is 18.0 Å². The van der Waals surface area contributed by atoms with Crippen molar-refractivity contribution in [1.82, 2.24) is 15.1 Å². The molecule has 0 saturated heterocycles. The number of aromatic nitrogens is 2. The number of hydrogen-bond donors (Lipinski definition) is 1. The lowest BCUT2D eigenvalue weighted by molar-refractivity contribution is -0.122. The van der Waals surface area contributed by atoms with Gasteiger partial charge in [-0.25, -0.2) is 4.68 Å². The number of carbonyl (C=O) groups excluding carboxylic acids is 1. The van der Waals surface area contributed by atoms with E-state index in [2.05, 4.69) is 10.4 Å². The third-order valence-electron chi connectivity index (χ3n) is 4.57. The van der Waals surface area contributed by atoms with Crippen molar-refractivity contribution in [2.75, 3.05) is 0 Å². The van der Waals surface area contributed by atoms with Crippen molar-refractivity contribution in [1.29, 1.82) is 0 Å². The first-order chi connectivity index (χ1) is 12.9. The summed E-state index contributed by atoms with van der Waals surface area (Å²) < 4.78 is 1.20. The third-order valence-corrected chi connectivity index (χ3v) is 4.57. The average molecular weight is 361 g/mol. The molecule has 3 rings (SSSR count). The van der Waals surface area contributed by atoms with E-state index < -0.39 is 0 Å². The van der Waals surface area contributed by atoms with Crippen molar-refractivity contribution in [2.24, 2.45) is 0 Å². The number of nitrogens with zero attached hydrogens (tertiary/aromatic N) is 2. The van der Waals surface area contributed by atoms with Crippen LogP contribution in [0.25, 0.3) is 11.3 Å². The summed E-state index contributed by atoms with van der Waals surface area (Å²) in [4.78, 5) is 24.3. The number of hydrogen-bond acceptors (Lipinski definition) is 3. The van der Waals surface area contributed by atoms with Crippen LogP contribution in [0.15, 0.2) is 59.4 Å². The summed E-state index contributed by atoms with van der Waals surface area (Å²) in [5.74, 6) is -0.248. The van der Waals surface area contributed by atoms with Crippen LogP contribution in [0.5, 0.6) is 0 Å². The lowest BCUT2D eigenvalue weighted by atomic mass is 10.0. The summed E-state index contributed by atoms with van der Waals surface area (Å²) in [6, 6.07) is 17.1. The van der Waals surface area contributed by atoms with Gasteiger partial charge in [0.2, 0.25) is 5.91 Å². The van der Waals surface area contributed by atoms with Crippen LogP contribution in [0.3, 0.4) is 0 Å². The Bertz CT molecular complexity index is 1020. The normalized spacial score (nSPS) is 10.6. The molecule has 3 aromatic rings. The molecule has 0 spiro atoms. The molecule has 0 unspecified atom stereocenters. The molecule has 1 N–H and O–H groups in total. The average Bonchev–Trinajstić information content (AvgIpc) is 2.65. The maximum Gasteiger partial charge on any atom is 0.267 e. The van der Waals surface area contributed by atoms with Crippen molar-refractivity contribution < 1.29 is 4.79 Å². The minimum absolute atomic E-state index is 0.108. The Morgan fingerprint density at radius 1 is 0.963 bits per heavy atom. The van der Waals surface area contributed by atoms with Crippen molar-refractivity contribution in [3.05, 3.63) is 87.2 Å². The fourth-order valence-corrected chi connectivity index (χ4v) is 2.72. The van der Waals surface area contributed by atoms with Crippen LogP contribution in [0.1, 0.15) is 22.3 Å². The molecular formula is C22H23N3O2. The lowest BCUT2D eigenvalue weighted by Crippen LogP contribution is -2.33. The van der Waals surface area contributed by atoms with E-state index in [4.69, 9.17) is 0 Å². The molecule has 0 fully saturated rings. The van der Waals surface area contributed by atoms with Crippen molar-refractivity contribution in [2.45, 2.75) is 33.9 Å². The van der Waals surface area contributed by atoms with E-state index in [1.165, 1.54) is 21.9 Å². The molecule has 0 aliphatic heterocycles. The molecule has 2 aromatic carbocycles. The largest absolute Gasteiger partial charge is 0.350 e. The Labute approximate surface area is 158 Å². The minimum atomic E-state index is -0.298. The van der Waals surface area contributed by atoms with E-state index in [9.17, 15) is 9.59 Å². The number of rotatable bonds is 5. The van der Waals surface area contributed by atoms with Crippen LogP contribution in [-0.2, 0) is 17.9 Å². The fraction of sp³-hybridized carbons (Fsp3) is 0.227. The molecule has 1 heterocycles. The highest BCUT2D eigenvalue weighted by Crippen LogP contribution is 2.19. The van der Waals surface area contributed by atoms with Crippen LogP contribution in [0.2, 0.25) is 0 Å². The Morgan fingerprint density at radius 3 is 2.41 bits per heavy atom. The van der Waals surface area contributed by atoms with Crippen molar-refractivity contribution in [3.63, 3.8) is 0 Å². The highest BCUT2D eigenvalue weighted by Gasteiger charge is 2.09. The highest BCUT2D eigenvalue weighted by molar-refractivity contribution is 5.75. The molecule has 0 saturated carbocycles. The van der Waals surface area contributed by atoms with Crippen LogP contribution < -0.4 is 10.9 Å². The molecule has 5 heteroatoms. The predicted molar refractivity (Wildman–Crippen MR) is 106 cm³/mol. The van der Waals surface area contributed by atoms with Gasteiger partial charge in [-0.1, -0.05) is 42.0 Å². The first kappa shape index (κ1) is 18.6. The molecule has 5 nitrogen and oxygen atoms in total. The fourth-order valence-electron chi connectivity index (χ4n) is 2.72. The lowest BCUT2D eigenvalue weighted by Gasteiger charge is -2.09.